The predicted molar refractivity (Wildman–Crippen MR) is 105 cm³/mol. The Morgan fingerprint density at radius 2 is 1.38 bits per heavy atom. The second kappa shape index (κ2) is 16.6. The van der Waals surface area contributed by atoms with Crippen LogP contribution < -0.4 is 0 Å². The number of aryl methyl sites for hydroxylation is 1. The number of rotatable bonds is 3. The van der Waals surface area contributed by atoms with Crippen LogP contribution in [-0.4, -0.2) is 10.9 Å². The Hall–Kier alpha value is -1.25. The summed E-state index contributed by atoms with van der Waals surface area (Å²) in [4.78, 5) is 11.9. The quantitative estimate of drug-likeness (QED) is 0.271. The van der Waals surface area contributed by atoms with Crippen LogP contribution in [0.2, 0.25) is 0 Å². The topological polar surface area (TPSA) is 37.3 Å². The van der Waals surface area contributed by atoms with Crippen LogP contribution >= 0.6 is 0 Å². The van der Waals surface area contributed by atoms with E-state index < -0.39 is 0 Å². The minimum absolute atomic E-state index is 0. The molecule has 2 aromatic carbocycles. The predicted octanol–water partition coefficient (Wildman–Crippen LogP) is 6.57. The van der Waals surface area contributed by atoms with Crippen molar-refractivity contribution in [3.63, 3.8) is 0 Å². The molecular formula is C21H32O2Y-2. The van der Waals surface area contributed by atoms with Gasteiger partial charge < -0.3 is 12.5 Å². The molecule has 1 N–H and O–H groups in total. The van der Waals surface area contributed by atoms with Crippen LogP contribution in [-0.2, 0) is 32.7 Å². The maximum Gasteiger partial charge on any atom is 0.189 e. The summed E-state index contributed by atoms with van der Waals surface area (Å²) in [6.07, 6.45) is 1.24. The molecular weight excluding hydrogens is 373 g/mol. The number of hydrogen-bond donors (Lipinski definition) is 1. The molecule has 0 aliphatic rings. The van der Waals surface area contributed by atoms with Gasteiger partial charge >= 0.3 is 0 Å². The van der Waals surface area contributed by atoms with Crippen LogP contribution in [0.25, 0.3) is 5.76 Å². The number of carbonyl (C=O) groups excluding carboxylic acids is 1. The first-order chi connectivity index (χ1) is 8.66. The molecule has 2 nitrogen and oxygen atoms in total. The number of aliphatic hydroxyl groups is 1. The van der Waals surface area contributed by atoms with Gasteiger partial charge in [0.2, 0.25) is 0 Å². The zero-order valence-corrected chi connectivity index (χ0v) is 14.5. The molecule has 0 aliphatic carbocycles. The number of carbonyl (C=O) groups is 1. The van der Waals surface area contributed by atoms with Crippen molar-refractivity contribution in [3.8, 4) is 0 Å². The van der Waals surface area contributed by atoms with E-state index in [1.54, 1.807) is 36.4 Å². The van der Waals surface area contributed by atoms with Crippen LogP contribution in [0.15, 0.2) is 54.6 Å². The first-order valence-electron chi connectivity index (χ1n) is 5.65. The maximum absolute atomic E-state index is 11.9. The zero-order valence-electron chi connectivity index (χ0n) is 11.6. The van der Waals surface area contributed by atoms with E-state index in [9.17, 15) is 9.90 Å². The van der Waals surface area contributed by atoms with Crippen molar-refractivity contribution in [2.75, 3.05) is 0 Å². The Labute approximate surface area is 174 Å². The van der Waals surface area contributed by atoms with E-state index in [0.29, 0.717) is 11.1 Å². The molecule has 1 radical (unpaired) electrons. The molecule has 0 heterocycles. The summed E-state index contributed by atoms with van der Waals surface area (Å²) in [6.45, 7) is 1.96. The van der Waals surface area contributed by atoms with Crippen molar-refractivity contribution < 1.29 is 42.6 Å². The molecule has 0 saturated carbocycles. The van der Waals surface area contributed by atoms with E-state index in [-0.39, 0.29) is 81.4 Å². The first kappa shape index (κ1) is 34.2. The summed E-state index contributed by atoms with van der Waals surface area (Å²) < 4.78 is 0. The third kappa shape index (κ3) is 9.80. The van der Waals surface area contributed by atoms with Gasteiger partial charge in [0, 0.05) is 44.3 Å². The number of hydrogen-bond acceptors (Lipinski definition) is 2. The molecule has 0 aromatic heterocycles. The number of aliphatic hydroxyl groups excluding tert-OH is 1. The largest absolute Gasteiger partial charge is 0.509 e. The minimum atomic E-state index is -0.208. The molecule has 2 aromatic rings. The third-order valence-corrected chi connectivity index (χ3v) is 2.62. The molecule has 2 rings (SSSR count). The molecule has 0 spiro atoms. The van der Waals surface area contributed by atoms with Gasteiger partial charge in [-0.3, -0.25) is 4.79 Å². The fourth-order valence-electron chi connectivity index (χ4n) is 1.57. The van der Waals surface area contributed by atoms with Gasteiger partial charge in [-0.15, -0.1) is 0 Å². The van der Waals surface area contributed by atoms with E-state index in [1.807, 2.05) is 19.1 Å². The van der Waals surface area contributed by atoms with Gasteiger partial charge in [0.15, 0.2) is 5.78 Å². The van der Waals surface area contributed by atoms with Gasteiger partial charge in [-0.2, -0.15) is 30.3 Å². The van der Waals surface area contributed by atoms with E-state index in [2.05, 4.69) is 6.07 Å². The van der Waals surface area contributed by atoms with Crippen LogP contribution in [0, 0.1) is 20.4 Å². The Morgan fingerprint density at radius 3 is 1.83 bits per heavy atom. The summed E-state index contributed by atoms with van der Waals surface area (Å²) in [6, 6.07) is 16.9. The minimum Gasteiger partial charge on any atom is -0.509 e. The van der Waals surface area contributed by atoms with E-state index in [0.717, 1.165) is 5.56 Å². The molecule has 0 aliphatic heterocycles. The first-order valence-corrected chi connectivity index (χ1v) is 5.65. The molecule has 0 atom stereocenters. The molecule has 3 heteroatoms. The number of benzene rings is 2. The van der Waals surface area contributed by atoms with Crippen molar-refractivity contribution in [2.24, 2.45) is 0 Å². The molecule has 0 amide bonds. The van der Waals surface area contributed by atoms with Gasteiger partial charge in [0.05, 0.1) is 0 Å². The van der Waals surface area contributed by atoms with Gasteiger partial charge in [-0.25, -0.2) is 0 Å². The normalized spacial score (nSPS) is 8.46. The molecule has 0 saturated heterocycles. The maximum atomic E-state index is 11.9. The Morgan fingerprint density at radius 1 is 0.917 bits per heavy atom. The summed E-state index contributed by atoms with van der Waals surface area (Å²) in [5.41, 5.74) is 2.27. The van der Waals surface area contributed by atoms with Gasteiger partial charge in [0.25, 0.3) is 0 Å². The smallest absolute Gasteiger partial charge is 0.189 e. The van der Waals surface area contributed by atoms with Crippen molar-refractivity contribution in [3.05, 3.63) is 84.8 Å². The van der Waals surface area contributed by atoms with Gasteiger partial charge in [-0.05, 0) is 6.92 Å². The van der Waals surface area contributed by atoms with Crippen molar-refractivity contribution in [2.45, 2.75) is 36.6 Å². The summed E-state index contributed by atoms with van der Waals surface area (Å²) in [5, 5.41) is 9.83. The van der Waals surface area contributed by atoms with E-state index >= 15 is 0 Å². The summed E-state index contributed by atoms with van der Waals surface area (Å²) >= 11 is 0. The van der Waals surface area contributed by atoms with Crippen LogP contribution in [0.5, 0.6) is 0 Å². The fraction of sp³-hybridized carbons (Fsp3) is 0.238. The average Bonchev–Trinajstić information content (AvgIpc) is 2.40. The SMILES string of the molecule is C.C.C.C.Cc1ccc(C(=O)/C=C(\O)c2cc[c-]cc2)cc1.[CH3-].[Y]. The third-order valence-electron chi connectivity index (χ3n) is 2.62. The van der Waals surface area contributed by atoms with Crippen molar-refractivity contribution in [1.82, 2.24) is 0 Å². The Kier molecular flexibility index (Phi) is 23.6. The van der Waals surface area contributed by atoms with E-state index in [1.165, 1.54) is 6.08 Å². The second-order valence-corrected chi connectivity index (χ2v) is 4.05. The number of allylic oxidation sites excluding steroid dienone is 1. The summed E-state index contributed by atoms with van der Waals surface area (Å²) in [5.74, 6) is -0.241. The monoisotopic (exact) mass is 405 g/mol. The Balaban J connectivity index is -0.000000201. The van der Waals surface area contributed by atoms with Gasteiger partial charge in [0.1, 0.15) is 5.76 Å². The van der Waals surface area contributed by atoms with Crippen LogP contribution in [0.3, 0.4) is 0 Å². The standard InChI is InChI=1S/C16H13O2.4CH4.CH3.Y/c1-12-7-9-14(10-8-12)16(18)11-15(17)13-5-3-2-4-6-13;;;;;;/h3-11,17H,1H3;4*1H4;1H3;/q-1;;;;;-1;/b15-11-;;;;;;. The average molecular weight is 405 g/mol. The molecule has 133 valence electrons. The zero-order chi connectivity index (χ0) is 13.0. The molecule has 24 heavy (non-hydrogen) atoms. The van der Waals surface area contributed by atoms with Crippen LogP contribution in [0.1, 0.15) is 51.2 Å². The van der Waals surface area contributed by atoms with Gasteiger partial charge in [-0.1, -0.05) is 65.1 Å². The molecule has 0 unspecified atom stereocenters. The fourth-order valence-corrected chi connectivity index (χ4v) is 1.57. The van der Waals surface area contributed by atoms with E-state index in [4.69, 9.17) is 0 Å². The molecule has 0 bridgehead atoms. The van der Waals surface area contributed by atoms with Crippen molar-refractivity contribution in [1.29, 1.82) is 0 Å². The van der Waals surface area contributed by atoms with Crippen molar-refractivity contribution >= 4 is 11.5 Å². The van der Waals surface area contributed by atoms with Crippen LogP contribution in [0.4, 0.5) is 0 Å². The second-order valence-electron chi connectivity index (χ2n) is 4.05. The Bertz CT molecular complexity index is 573. The number of ketones is 1. The molecule has 0 fully saturated rings. The summed E-state index contributed by atoms with van der Waals surface area (Å²) in [7, 11) is 0.